The van der Waals surface area contributed by atoms with Crippen LogP contribution in [0.5, 0.6) is 0 Å². The molecule has 3 rings (SSSR count). The first kappa shape index (κ1) is 17.7. The number of nitrogens with zero attached hydrogens (tertiary/aromatic N) is 1. The van der Waals surface area contributed by atoms with Crippen LogP contribution in [0, 0.1) is 0 Å². The molecule has 4 nitrogen and oxygen atoms in total. The molecule has 6 heteroatoms. The third-order valence-corrected chi connectivity index (χ3v) is 3.64. The summed E-state index contributed by atoms with van der Waals surface area (Å²) in [4.78, 5) is 16.1. The third kappa shape index (κ3) is 3.84. The number of benzene rings is 1. The van der Waals surface area contributed by atoms with Gasteiger partial charge in [-0.3, -0.25) is 9.78 Å². The van der Waals surface area contributed by atoms with Crippen LogP contribution < -0.4 is 11.1 Å². The predicted octanol–water partition coefficient (Wildman–Crippen LogP) is 2.23. The molecule has 114 valence electrons. The molecule has 0 atom stereocenters. The van der Waals surface area contributed by atoms with E-state index in [9.17, 15) is 4.79 Å². The van der Waals surface area contributed by atoms with Crippen molar-refractivity contribution in [3.63, 3.8) is 0 Å². The zero-order chi connectivity index (χ0) is 13.3. The van der Waals surface area contributed by atoms with Crippen LogP contribution in [0.15, 0.2) is 36.5 Å². The lowest BCUT2D eigenvalue weighted by atomic mass is 10.1. The smallest absolute Gasteiger partial charge is 0.240 e. The molecule has 2 aromatic rings. The number of nitrogens with one attached hydrogen (secondary N) is 1. The largest absolute Gasteiger partial charge is 0.354 e. The summed E-state index contributed by atoms with van der Waals surface area (Å²) in [5, 5.41) is 4.04. The van der Waals surface area contributed by atoms with Gasteiger partial charge in [0.05, 0.1) is 11.1 Å². The minimum absolute atomic E-state index is 0. The van der Waals surface area contributed by atoms with E-state index in [1.165, 1.54) is 0 Å². The summed E-state index contributed by atoms with van der Waals surface area (Å²) in [5.41, 5.74) is 7.41. The Morgan fingerprint density at radius 3 is 2.67 bits per heavy atom. The van der Waals surface area contributed by atoms with Crippen molar-refractivity contribution in [2.75, 3.05) is 6.54 Å². The molecular formula is C15H19Cl2N3O. The number of carbonyl (C=O) groups is 1. The SMILES string of the molecule is Cl.Cl.NC1(C(=O)NCCc2cccc3cccnc23)CC1. The maximum atomic E-state index is 11.7. The Balaban J connectivity index is 0.00000110. The van der Waals surface area contributed by atoms with Crippen molar-refractivity contribution in [3.05, 3.63) is 42.1 Å². The van der Waals surface area contributed by atoms with Gasteiger partial charge in [-0.2, -0.15) is 0 Å². The first-order valence-corrected chi connectivity index (χ1v) is 6.59. The molecule has 0 spiro atoms. The van der Waals surface area contributed by atoms with Gasteiger partial charge in [0.25, 0.3) is 0 Å². The summed E-state index contributed by atoms with van der Waals surface area (Å²) in [7, 11) is 0. The highest BCUT2D eigenvalue weighted by Crippen LogP contribution is 2.32. The van der Waals surface area contributed by atoms with Gasteiger partial charge in [-0.1, -0.05) is 24.3 Å². The molecule has 0 aliphatic heterocycles. The molecule has 21 heavy (non-hydrogen) atoms. The molecule has 1 aromatic heterocycles. The average molecular weight is 328 g/mol. The zero-order valence-electron chi connectivity index (χ0n) is 11.5. The van der Waals surface area contributed by atoms with Gasteiger partial charge in [-0.15, -0.1) is 24.8 Å². The summed E-state index contributed by atoms with van der Waals surface area (Å²) in [5.74, 6) is -0.0271. The lowest BCUT2D eigenvalue weighted by Gasteiger charge is -2.10. The van der Waals surface area contributed by atoms with Gasteiger partial charge in [-0.25, -0.2) is 0 Å². The first-order valence-electron chi connectivity index (χ1n) is 6.59. The number of carbonyl (C=O) groups excluding carboxylic acids is 1. The van der Waals surface area contributed by atoms with Crippen LogP contribution in [-0.4, -0.2) is 23.0 Å². The maximum Gasteiger partial charge on any atom is 0.240 e. The molecule has 1 amide bonds. The third-order valence-electron chi connectivity index (χ3n) is 3.64. The van der Waals surface area contributed by atoms with Crippen molar-refractivity contribution >= 4 is 41.6 Å². The van der Waals surface area contributed by atoms with Crippen LogP contribution in [-0.2, 0) is 11.2 Å². The minimum Gasteiger partial charge on any atom is -0.354 e. The Morgan fingerprint density at radius 1 is 1.24 bits per heavy atom. The second-order valence-electron chi connectivity index (χ2n) is 5.15. The first-order chi connectivity index (χ1) is 9.19. The van der Waals surface area contributed by atoms with Gasteiger partial charge < -0.3 is 11.1 Å². The van der Waals surface area contributed by atoms with E-state index in [2.05, 4.69) is 16.4 Å². The summed E-state index contributed by atoms with van der Waals surface area (Å²) >= 11 is 0. The van der Waals surface area contributed by atoms with Gasteiger partial charge >= 0.3 is 0 Å². The number of fused-ring (bicyclic) bond motifs is 1. The molecule has 1 aliphatic rings. The lowest BCUT2D eigenvalue weighted by molar-refractivity contribution is -0.123. The topological polar surface area (TPSA) is 68.0 Å². The highest BCUT2D eigenvalue weighted by atomic mass is 35.5. The van der Waals surface area contributed by atoms with Crippen molar-refractivity contribution in [1.29, 1.82) is 0 Å². The molecule has 0 bridgehead atoms. The number of halogens is 2. The van der Waals surface area contributed by atoms with Crippen molar-refractivity contribution in [2.45, 2.75) is 24.8 Å². The fourth-order valence-corrected chi connectivity index (χ4v) is 2.22. The second-order valence-corrected chi connectivity index (χ2v) is 5.15. The molecule has 0 radical (unpaired) electrons. The predicted molar refractivity (Wildman–Crippen MR) is 89.1 cm³/mol. The molecule has 0 unspecified atom stereocenters. The highest BCUT2D eigenvalue weighted by molar-refractivity contribution is 5.89. The van der Waals surface area contributed by atoms with Gasteiger partial charge in [0.2, 0.25) is 5.91 Å². The molecule has 3 N–H and O–H groups in total. The number of pyridine rings is 1. The molecular weight excluding hydrogens is 309 g/mol. The fourth-order valence-electron chi connectivity index (χ4n) is 2.22. The van der Waals surface area contributed by atoms with E-state index in [0.29, 0.717) is 6.54 Å². The van der Waals surface area contributed by atoms with E-state index in [1.807, 2.05) is 24.3 Å². The zero-order valence-corrected chi connectivity index (χ0v) is 13.2. The van der Waals surface area contributed by atoms with E-state index in [1.54, 1.807) is 6.20 Å². The Hall–Kier alpha value is -1.36. The fraction of sp³-hybridized carbons (Fsp3) is 0.333. The highest BCUT2D eigenvalue weighted by Gasteiger charge is 2.45. The van der Waals surface area contributed by atoms with Gasteiger partial charge in [0.1, 0.15) is 0 Å². The van der Waals surface area contributed by atoms with Crippen LogP contribution in [0.1, 0.15) is 18.4 Å². The average Bonchev–Trinajstić information content (AvgIpc) is 3.18. The molecule has 1 saturated carbocycles. The summed E-state index contributed by atoms with van der Waals surface area (Å²) in [6, 6.07) is 10.1. The van der Waals surface area contributed by atoms with Crippen molar-refractivity contribution in [2.24, 2.45) is 5.73 Å². The Kier molecular flexibility index (Phi) is 5.96. The van der Waals surface area contributed by atoms with E-state index in [-0.39, 0.29) is 30.7 Å². The van der Waals surface area contributed by atoms with Crippen LogP contribution in [0.3, 0.4) is 0 Å². The Morgan fingerprint density at radius 2 is 1.95 bits per heavy atom. The molecule has 1 aromatic carbocycles. The maximum absolute atomic E-state index is 11.7. The van der Waals surface area contributed by atoms with Gasteiger partial charge in [0, 0.05) is 18.1 Å². The monoisotopic (exact) mass is 327 g/mol. The van der Waals surface area contributed by atoms with Crippen molar-refractivity contribution in [1.82, 2.24) is 10.3 Å². The van der Waals surface area contributed by atoms with Gasteiger partial charge in [0.15, 0.2) is 0 Å². The summed E-state index contributed by atoms with van der Waals surface area (Å²) < 4.78 is 0. The van der Waals surface area contributed by atoms with Crippen molar-refractivity contribution < 1.29 is 4.79 Å². The standard InChI is InChI=1S/C15H17N3O.2ClH/c16-15(7-8-15)14(19)18-10-6-12-4-1-3-11-5-2-9-17-13(11)12;;/h1-5,9H,6-8,10,16H2,(H,18,19);2*1H. The van der Waals surface area contributed by atoms with Crippen LogP contribution in [0.25, 0.3) is 10.9 Å². The van der Waals surface area contributed by atoms with Gasteiger partial charge in [-0.05, 0) is 30.9 Å². The number of hydrogen-bond acceptors (Lipinski definition) is 3. The number of rotatable bonds is 4. The normalized spacial score (nSPS) is 14.7. The number of para-hydroxylation sites is 1. The number of nitrogens with two attached hydrogens (primary N) is 1. The van der Waals surface area contributed by atoms with E-state index in [0.717, 1.165) is 35.7 Å². The lowest BCUT2D eigenvalue weighted by Crippen LogP contribution is -2.43. The van der Waals surface area contributed by atoms with E-state index in [4.69, 9.17) is 5.73 Å². The molecule has 1 heterocycles. The summed E-state index contributed by atoms with van der Waals surface area (Å²) in [6.07, 6.45) is 4.17. The summed E-state index contributed by atoms with van der Waals surface area (Å²) in [6.45, 7) is 0.605. The Bertz CT molecular complexity index is 624. The number of hydrogen-bond donors (Lipinski definition) is 2. The minimum atomic E-state index is -0.586. The van der Waals surface area contributed by atoms with Crippen LogP contribution >= 0.6 is 24.8 Å². The molecule has 0 saturated heterocycles. The van der Waals surface area contributed by atoms with Crippen LogP contribution in [0.2, 0.25) is 0 Å². The number of amides is 1. The van der Waals surface area contributed by atoms with Crippen LogP contribution in [0.4, 0.5) is 0 Å². The molecule has 1 aliphatic carbocycles. The number of aromatic nitrogens is 1. The Labute approximate surface area is 136 Å². The molecule has 1 fully saturated rings. The van der Waals surface area contributed by atoms with Crippen molar-refractivity contribution in [3.8, 4) is 0 Å². The van der Waals surface area contributed by atoms with E-state index < -0.39 is 5.54 Å². The van der Waals surface area contributed by atoms with E-state index >= 15 is 0 Å². The second kappa shape index (κ2) is 7.07. The quantitative estimate of drug-likeness (QED) is 0.904.